The minimum Gasteiger partial charge on any atom is -0.497 e. The second kappa shape index (κ2) is 8.32. The Hall–Kier alpha value is -2.11. The second-order valence-corrected chi connectivity index (χ2v) is 6.29. The molecule has 0 unspecified atom stereocenters. The molecule has 3 rings (SSSR count). The van der Waals surface area contributed by atoms with Gasteiger partial charge in [0.05, 0.1) is 14.2 Å². The van der Waals surface area contributed by atoms with Crippen LogP contribution in [0.3, 0.4) is 0 Å². The summed E-state index contributed by atoms with van der Waals surface area (Å²) < 4.78 is 24.4. The number of halogens is 1. The van der Waals surface area contributed by atoms with E-state index >= 15 is 0 Å². The van der Waals surface area contributed by atoms with Gasteiger partial charge >= 0.3 is 0 Å². The van der Waals surface area contributed by atoms with Gasteiger partial charge in [-0.05, 0) is 55.3 Å². The molecule has 1 heterocycles. The number of hydrogen-bond acceptors (Lipinski definition) is 4. The highest BCUT2D eigenvalue weighted by Gasteiger charge is 2.26. The molecule has 1 saturated heterocycles. The Morgan fingerprint density at radius 3 is 2.80 bits per heavy atom. The second-order valence-electron chi connectivity index (χ2n) is 6.29. The predicted octanol–water partition coefficient (Wildman–Crippen LogP) is 3.43. The van der Waals surface area contributed by atoms with Crippen molar-refractivity contribution in [1.82, 2.24) is 10.6 Å². The standard InChI is InChI=1S/C20H25FN2O2/c1-24-17-8-9-19(25-2)15(12-17)13-23-18-7-4-10-22-20(18)14-5-3-6-16(21)11-14/h3,5-6,8-9,11-12,18,20,22-23H,4,7,10,13H2,1-2H3/t18-,20-/m0/s1. The van der Waals surface area contributed by atoms with Crippen LogP contribution >= 0.6 is 0 Å². The average molecular weight is 344 g/mol. The van der Waals surface area contributed by atoms with Crippen LogP contribution in [0.4, 0.5) is 4.39 Å². The van der Waals surface area contributed by atoms with Crippen molar-refractivity contribution in [2.45, 2.75) is 31.5 Å². The van der Waals surface area contributed by atoms with Crippen molar-refractivity contribution in [1.29, 1.82) is 0 Å². The molecule has 1 fully saturated rings. The first-order valence-corrected chi connectivity index (χ1v) is 8.64. The van der Waals surface area contributed by atoms with Crippen LogP contribution in [0.5, 0.6) is 11.5 Å². The van der Waals surface area contributed by atoms with Gasteiger partial charge in [0.1, 0.15) is 17.3 Å². The number of ether oxygens (including phenoxy) is 2. The van der Waals surface area contributed by atoms with E-state index in [1.807, 2.05) is 24.3 Å². The molecular weight excluding hydrogens is 319 g/mol. The number of nitrogens with one attached hydrogen (secondary N) is 2. The van der Waals surface area contributed by atoms with Crippen LogP contribution in [0.2, 0.25) is 0 Å². The number of piperidine rings is 1. The molecule has 1 aliphatic rings. The van der Waals surface area contributed by atoms with Gasteiger partial charge < -0.3 is 20.1 Å². The summed E-state index contributed by atoms with van der Waals surface area (Å²) in [6.45, 7) is 1.61. The molecule has 2 N–H and O–H groups in total. The molecule has 0 aliphatic carbocycles. The smallest absolute Gasteiger partial charge is 0.123 e. The number of hydrogen-bond donors (Lipinski definition) is 2. The molecule has 25 heavy (non-hydrogen) atoms. The molecule has 0 aromatic heterocycles. The Morgan fingerprint density at radius 2 is 2.04 bits per heavy atom. The molecular formula is C20H25FN2O2. The van der Waals surface area contributed by atoms with E-state index in [0.29, 0.717) is 6.54 Å². The Kier molecular flexibility index (Phi) is 5.89. The molecule has 2 atom stereocenters. The van der Waals surface area contributed by atoms with E-state index in [1.165, 1.54) is 6.07 Å². The molecule has 1 aliphatic heterocycles. The highest BCUT2D eigenvalue weighted by atomic mass is 19.1. The van der Waals surface area contributed by atoms with E-state index in [1.54, 1.807) is 26.4 Å². The Balaban J connectivity index is 1.74. The summed E-state index contributed by atoms with van der Waals surface area (Å²) in [5.41, 5.74) is 2.03. The third kappa shape index (κ3) is 4.30. The van der Waals surface area contributed by atoms with Crippen LogP contribution in [0.15, 0.2) is 42.5 Å². The third-order valence-corrected chi connectivity index (χ3v) is 4.71. The molecule has 0 radical (unpaired) electrons. The van der Waals surface area contributed by atoms with Crippen molar-refractivity contribution in [3.8, 4) is 11.5 Å². The molecule has 134 valence electrons. The van der Waals surface area contributed by atoms with Crippen molar-refractivity contribution in [2.75, 3.05) is 20.8 Å². The van der Waals surface area contributed by atoms with E-state index in [0.717, 1.165) is 42.0 Å². The van der Waals surface area contributed by atoms with Crippen LogP contribution < -0.4 is 20.1 Å². The van der Waals surface area contributed by atoms with Gasteiger partial charge in [-0.3, -0.25) is 0 Å². The number of rotatable bonds is 6. The van der Waals surface area contributed by atoms with Gasteiger partial charge in [0, 0.05) is 24.2 Å². The lowest BCUT2D eigenvalue weighted by Gasteiger charge is -2.34. The topological polar surface area (TPSA) is 42.5 Å². The Labute approximate surface area is 148 Å². The van der Waals surface area contributed by atoms with Gasteiger partial charge in [-0.25, -0.2) is 4.39 Å². The van der Waals surface area contributed by atoms with Crippen LogP contribution in [0.1, 0.15) is 30.0 Å². The quantitative estimate of drug-likeness (QED) is 0.843. The lowest BCUT2D eigenvalue weighted by molar-refractivity contribution is 0.302. The van der Waals surface area contributed by atoms with Crippen LogP contribution in [-0.2, 0) is 6.54 Å². The van der Waals surface area contributed by atoms with Gasteiger partial charge in [0.15, 0.2) is 0 Å². The largest absolute Gasteiger partial charge is 0.497 e. The van der Waals surface area contributed by atoms with Crippen molar-refractivity contribution in [2.24, 2.45) is 0 Å². The van der Waals surface area contributed by atoms with E-state index in [9.17, 15) is 4.39 Å². The summed E-state index contributed by atoms with van der Waals surface area (Å²) in [6, 6.07) is 13.0. The van der Waals surface area contributed by atoms with Crippen molar-refractivity contribution in [3.05, 3.63) is 59.4 Å². The van der Waals surface area contributed by atoms with E-state index in [-0.39, 0.29) is 17.9 Å². The predicted molar refractivity (Wildman–Crippen MR) is 96.6 cm³/mol. The maximum absolute atomic E-state index is 13.6. The van der Waals surface area contributed by atoms with Crippen LogP contribution in [0, 0.1) is 5.82 Å². The number of methoxy groups -OCH3 is 2. The summed E-state index contributed by atoms with van der Waals surface area (Å²) in [5.74, 6) is 1.44. The van der Waals surface area contributed by atoms with Crippen molar-refractivity contribution in [3.63, 3.8) is 0 Å². The molecule has 0 amide bonds. The van der Waals surface area contributed by atoms with Gasteiger partial charge in [0.2, 0.25) is 0 Å². The normalized spacial score (nSPS) is 20.3. The fourth-order valence-electron chi connectivity index (χ4n) is 3.42. The first-order valence-electron chi connectivity index (χ1n) is 8.64. The maximum atomic E-state index is 13.6. The highest BCUT2D eigenvalue weighted by molar-refractivity contribution is 5.40. The SMILES string of the molecule is COc1ccc(OC)c(CN[C@H]2CCCN[C@H]2c2cccc(F)c2)c1. The van der Waals surface area contributed by atoms with Crippen LogP contribution in [-0.4, -0.2) is 26.8 Å². The fraction of sp³-hybridized carbons (Fsp3) is 0.400. The zero-order valence-electron chi connectivity index (χ0n) is 14.7. The molecule has 5 heteroatoms. The number of benzene rings is 2. The van der Waals surface area contributed by atoms with Gasteiger partial charge in [-0.2, -0.15) is 0 Å². The molecule has 2 aromatic rings. The van der Waals surface area contributed by atoms with Crippen molar-refractivity contribution < 1.29 is 13.9 Å². The third-order valence-electron chi connectivity index (χ3n) is 4.71. The Bertz CT molecular complexity index is 708. The van der Waals surface area contributed by atoms with Gasteiger partial charge in [-0.15, -0.1) is 0 Å². The summed E-state index contributed by atoms with van der Waals surface area (Å²) in [7, 11) is 3.33. The lowest BCUT2D eigenvalue weighted by atomic mass is 9.92. The summed E-state index contributed by atoms with van der Waals surface area (Å²) in [6.07, 6.45) is 2.14. The molecule has 2 aromatic carbocycles. The fourth-order valence-corrected chi connectivity index (χ4v) is 3.42. The Morgan fingerprint density at radius 1 is 1.16 bits per heavy atom. The van der Waals surface area contributed by atoms with Crippen LogP contribution in [0.25, 0.3) is 0 Å². The zero-order chi connectivity index (χ0) is 17.6. The molecule has 0 bridgehead atoms. The summed E-state index contributed by atoms with van der Waals surface area (Å²) in [5, 5.41) is 7.13. The van der Waals surface area contributed by atoms with Crippen molar-refractivity contribution >= 4 is 0 Å². The average Bonchev–Trinajstić information content (AvgIpc) is 2.66. The molecule has 0 saturated carbocycles. The van der Waals surface area contributed by atoms with Gasteiger partial charge in [-0.1, -0.05) is 12.1 Å². The monoisotopic (exact) mass is 344 g/mol. The molecule has 0 spiro atoms. The lowest BCUT2D eigenvalue weighted by Crippen LogP contribution is -2.45. The minimum absolute atomic E-state index is 0.0982. The van der Waals surface area contributed by atoms with E-state index in [2.05, 4.69) is 10.6 Å². The minimum atomic E-state index is -0.196. The first kappa shape index (κ1) is 17.7. The van der Waals surface area contributed by atoms with E-state index in [4.69, 9.17) is 9.47 Å². The maximum Gasteiger partial charge on any atom is 0.123 e. The van der Waals surface area contributed by atoms with Gasteiger partial charge in [0.25, 0.3) is 0 Å². The highest BCUT2D eigenvalue weighted by Crippen LogP contribution is 2.27. The van der Waals surface area contributed by atoms with E-state index < -0.39 is 0 Å². The molecule has 4 nitrogen and oxygen atoms in total. The first-order chi connectivity index (χ1) is 12.2. The summed E-state index contributed by atoms with van der Waals surface area (Å²) >= 11 is 0. The zero-order valence-corrected chi connectivity index (χ0v) is 14.7. The summed E-state index contributed by atoms with van der Waals surface area (Å²) in [4.78, 5) is 0.